The largest absolute Gasteiger partial charge is 0.347 e. The maximum Gasteiger partial charge on any atom is 0.261 e. The van der Waals surface area contributed by atoms with Gasteiger partial charge >= 0.3 is 0 Å². The molecule has 8 heteroatoms. The molecule has 4 nitrogen and oxygen atoms in total. The Kier molecular flexibility index (Phi) is 6.86. The smallest absolute Gasteiger partial charge is 0.261 e. The lowest BCUT2D eigenvalue weighted by molar-refractivity contribution is 0.0928. The van der Waals surface area contributed by atoms with Crippen molar-refractivity contribution < 1.29 is 18.4 Å². The number of thiophene rings is 1. The Labute approximate surface area is 160 Å². The van der Waals surface area contributed by atoms with E-state index >= 15 is 0 Å². The Morgan fingerprint density at radius 3 is 2.65 bits per heavy atom. The zero-order chi connectivity index (χ0) is 18.0. The van der Waals surface area contributed by atoms with Gasteiger partial charge in [0.25, 0.3) is 5.91 Å². The van der Waals surface area contributed by atoms with Crippen LogP contribution in [0.25, 0.3) is 0 Å². The van der Waals surface area contributed by atoms with Gasteiger partial charge in [-0.3, -0.25) is 9.59 Å². The number of hydrogen-bond donors (Lipinski definition) is 2. The number of Topliss-reactive ketones (excluding diaryl/α,β-unsaturated/α-hetero) is 1. The predicted octanol–water partition coefficient (Wildman–Crippen LogP) is 3.53. The van der Waals surface area contributed by atoms with E-state index in [4.69, 9.17) is 0 Å². The second kappa shape index (κ2) is 8.70. The SMILES string of the molecule is CC(=O)c1csc(C(=O)NC2CNCCC2c2ccc(F)c(F)c2)c1.Cl. The molecule has 2 heterocycles. The van der Waals surface area contributed by atoms with Crippen molar-refractivity contribution in [3.63, 3.8) is 0 Å². The maximum atomic E-state index is 13.6. The Morgan fingerprint density at radius 2 is 2.00 bits per heavy atom. The molecule has 1 fully saturated rings. The number of hydrogen-bond acceptors (Lipinski definition) is 4. The van der Waals surface area contributed by atoms with Gasteiger partial charge in [0.2, 0.25) is 0 Å². The van der Waals surface area contributed by atoms with Crippen LogP contribution in [-0.4, -0.2) is 30.8 Å². The van der Waals surface area contributed by atoms with Crippen molar-refractivity contribution in [2.45, 2.75) is 25.3 Å². The summed E-state index contributed by atoms with van der Waals surface area (Å²) in [5.74, 6) is -2.22. The van der Waals surface area contributed by atoms with Crippen LogP contribution < -0.4 is 10.6 Å². The number of amides is 1. The summed E-state index contributed by atoms with van der Waals surface area (Å²) >= 11 is 1.21. The summed E-state index contributed by atoms with van der Waals surface area (Å²) in [6.45, 7) is 2.73. The molecule has 2 N–H and O–H groups in total. The van der Waals surface area contributed by atoms with Gasteiger partial charge in [0.15, 0.2) is 17.4 Å². The van der Waals surface area contributed by atoms with Crippen LogP contribution in [0.2, 0.25) is 0 Å². The van der Waals surface area contributed by atoms with Crippen molar-refractivity contribution >= 4 is 35.4 Å². The van der Waals surface area contributed by atoms with E-state index in [1.807, 2.05) is 0 Å². The summed E-state index contributed by atoms with van der Waals surface area (Å²) in [6.07, 6.45) is 0.707. The Hall–Kier alpha value is -1.83. The Morgan fingerprint density at radius 1 is 1.23 bits per heavy atom. The van der Waals surface area contributed by atoms with Crippen LogP contribution >= 0.6 is 23.7 Å². The molecule has 3 rings (SSSR count). The van der Waals surface area contributed by atoms with Crippen molar-refractivity contribution in [2.75, 3.05) is 13.1 Å². The fourth-order valence-corrected chi connectivity index (χ4v) is 3.88. The molecule has 0 saturated carbocycles. The highest BCUT2D eigenvalue weighted by Crippen LogP contribution is 2.27. The molecular weight excluding hydrogens is 382 g/mol. The van der Waals surface area contributed by atoms with Crippen molar-refractivity contribution in [3.05, 3.63) is 57.3 Å². The highest BCUT2D eigenvalue weighted by Gasteiger charge is 2.29. The lowest BCUT2D eigenvalue weighted by Crippen LogP contribution is -2.49. The normalized spacial score (nSPS) is 19.5. The van der Waals surface area contributed by atoms with Gasteiger partial charge in [-0.05, 0) is 43.7 Å². The average molecular weight is 401 g/mol. The van der Waals surface area contributed by atoms with Gasteiger partial charge in [0.1, 0.15) is 0 Å². The van der Waals surface area contributed by atoms with E-state index in [1.54, 1.807) is 17.5 Å². The van der Waals surface area contributed by atoms with Gasteiger partial charge in [0, 0.05) is 29.4 Å². The van der Waals surface area contributed by atoms with E-state index in [9.17, 15) is 18.4 Å². The van der Waals surface area contributed by atoms with E-state index in [2.05, 4.69) is 10.6 Å². The Bertz CT molecular complexity index is 812. The van der Waals surface area contributed by atoms with Gasteiger partial charge in [0.05, 0.1) is 4.88 Å². The summed E-state index contributed by atoms with van der Waals surface area (Å²) in [7, 11) is 0. The van der Waals surface area contributed by atoms with Crippen molar-refractivity contribution in [1.29, 1.82) is 0 Å². The molecule has 0 spiro atoms. The third-order valence-corrected chi connectivity index (χ3v) is 5.33. The zero-order valence-electron chi connectivity index (χ0n) is 14.1. The maximum absolute atomic E-state index is 13.6. The van der Waals surface area contributed by atoms with Crippen LogP contribution in [-0.2, 0) is 0 Å². The summed E-state index contributed by atoms with van der Waals surface area (Å²) in [5.41, 5.74) is 1.18. The third-order valence-electron chi connectivity index (χ3n) is 4.40. The second-order valence-corrected chi connectivity index (χ2v) is 7.02. The molecule has 2 unspecified atom stereocenters. The van der Waals surface area contributed by atoms with E-state index in [-0.39, 0.29) is 36.1 Å². The van der Waals surface area contributed by atoms with Gasteiger partial charge in [-0.25, -0.2) is 8.78 Å². The molecule has 1 aliphatic rings. The number of carbonyl (C=O) groups excluding carboxylic acids is 2. The quantitative estimate of drug-likeness (QED) is 0.772. The number of ketones is 1. The fraction of sp³-hybridized carbons (Fsp3) is 0.333. The molecule has 1 aliphatic heterocycles. The number of halogens is 3. The number of benzene rings is 1. The zero-order valence-corrected chi connectivity index (χ0v) is 15.7. The van der Waals surface area contributed by atoms with Crippen molar-refractivity contribution in [2.24, 2.45) is 0 Å². The topological polar surface area (TPSA) is 58.2 Å². The van der Waals surface area contributed by atoms with Crippen LogP contribution in [0.4, 0.5) is 8.78 Å². The first-order valence-corrected chi connectivity index (χ1v) is 8.89. The molecule has 0 aliphatic carbocycles. The highest BCUT2D eigenvalue weighted by atomic mass is 35.5. The van der Waals surface area contributed by atoms with Gasteiger partial charge in [-0.15, -0.1) is 23.7 Å². The minimum atomic E-state index is -0.884. The Balaban J connectivity index is 0.00000243. The fourth-order valence-electron chi connectivity index (χ4n) is 3.03. The predicted molar refractivity (Wildman–Crippen MR) is 99.4 cm³/mol. The molecule has 1 saturated heterocycles. The second-order valence-electron chi connectivity index (χ2n) is 6.11. The highest BCUT2D eigenvalue weighted by molar-refractivity contribution is 7.12. The number of rotatable bonds is 4. The van der Waals surface area contributed by atoms with E-state index in [0.29, 0.717) is 29.0 Å². The molecule has 26 heavy (non-hydrogen) atoms. The first-order chi connectivity index (χ1) is 12.0. The average Bonchev–Trinajstić information content (AvgIpc) is 3.08. The molecule has 0 bridgehead atoms. The number of nitrogens with one attached hydrogen (secondary N) is 2. The summed E-state index contributed by atoms with van der Waals surface area (Å²) < 4.78 is 26.7. The van der Waals surface area contributed by atoms with E-state index in [0.717, 1.165) is 12.6 Å². The van der Waals surface area contributed by atoms with Crippen LogP contribution in [0.1, 0.15) is 44.9 Å². The van der Waals surface area contributed by atoms with Crippen LogP contribution in [0.3, 0.4) is 0 Å². The molecule has 1 amide bonds. The minimum Gasteiger partial charge on any atom is -0.347 e. The minimum absolute atomic E-state index is 0. The molecule has 0 radical (unpaired) electrons. The molecule has 140 valence electrons. The lowest BCUT2D eigenvalue weighted by Gasteiger charge is -2.33. The summed E-state index contributed by atoms with van der Waals surface area (Å²) in [6, 6.07) is 5.21. The number of carbonyl (C=O) groups is 2. The van der Waals surface area contributed by atoms with Gasteiger partial charge in [-0.2, -0.15) is 0 Å². The van der Waals surface area contributed by atoms with Crippen LogP contribution in [0.15, 0.2) is 29.6 Å². The van der Waals surface area contributed by atoms with Gasteiger partial charge in [-0.1, -0.05) is 6.07 Å². The summed E-state index contributed by atoms with van der Waals surface area (Å²) in [4.78, 5) is 24.3. The van der Waals surface area contributed by atoms with Gasteiger partial charge < -0.3 is 10.6 Å². The first kappa shape index (κ1) is 20.5. The van der Waals surface area contributed by atoms with Crippen molar-refractivity contribution in [1.82, 2.24) is 10.6 Å². The number of piperidine rings is 1. The summed E-state index contributed by atoms with van der Waals surface area (Å²) in [5, 5.41) is 7.82. The van der Waals surface area contributed by atoms with Crippen LogP contribution in [0, 0.1) is 11.6 Å². The third kappa shape index (κ3) is 4.47. The molecule has 1 aromatic carbocycles. The molecule has 1 aromatic heterocycles. The molecular formula is C18H19ClF2N2O2S. The van der Waals surface area contributed by atoms with E-state index < -0.39 is 11.6 Å². The standard InChI is InChI=1S/C18H18F2N2O2S.ClH/c1-10(23)12-7-17(25-9-12)18(24)22-16-8-21-5-4-13(16)11-2-3-14(19)15(20)6-11;/h2-3,6-7,9,13,16,21H,4-5,8H2,1H3,(H,22,24);1H. The monoisotopic (exact) mass is 400 g/mol. The molecule has 2 atom stereocenters. The lowest BCUT2D eigenvalue weighted by atomic mass is 9.86. The van der Waals surface area contributed by atoms with E-state index in [1.165, 1.54) is 24.3 Å². The molecule has 2 aromatic rings. The first-order valence-electron chi connectivity index (χ1n) is 8.01. The van der Waals surface area contributed by atoms with Crippen molar-refractivity contribution in [3.8, 4) is 0 Å². The van der Waals surface area contributed by atoms with Crippen LogP contribution in [0.5, 0.6) is 0 Å².